The average Bonchev–Trinajstić information content (AvgIpc) is 3.16. The van der Waals surface area contributed by atoms with Gasteiger partial charge in [0.25, 0.3) is 0 Å². The number of carbonyl (C=O) groups excluding carboxylic acids is 1. The van der Waals surface area contributed by atoms with Crippen LogP contribution in [0.2, 0.25) is 5.02 Å². The molecule has 0 unspecified atom stereocenters. The van der Waals surface area contributed by atoms with Crippen LogP contribution in [0, 0.1) is 0 Å². The molecule has 0 saturated carbocycles. The van der Waals surface area contributed by atoms with E-state index in [4.69, 9.17) is 11.6 Å². The number of hydrogen-bond donors (Lipinski definition) is 1. The number of urea groups is 1. The van der Waals surface area contributed by atoms with Crippen LogP contribution in [0.3, 0.4) is 0 Å². The number of amides is 2. The van der Waals surface area contributed by atoms with Gasteiger partial charge in [0, 0.05) is 49.7 Å². The summed E-state index contributed by atoms with van der Waals surface area (Å²) in [5, 5.41) is 3.34. The molecule has 0 bridgehead atoms. The number of rotatable bonds is 3. The van der Waals surface area contributed by atoms with E-state index in [2.05, 4.69) is 21.3 Å². The maximum Gasteiger partial charge on any atom is 0.321 e. The van der Waals surface area contributed by atoms with Gasteiger partial charge in [-0.25, -0.2) is 4.79 Å². The first-order valence-corrected chi connectivity index (χ1v) is 7.72. The maximum atomic E-state index is 11.8. The van der Waals surface area contributed by atoms with Crippen LogP contribution >= 0.6 is 11.6 Å². The van der Waals surface area contributed by atoms with E-state index in [1.807, 2.05) is 18.3 Å². The van der Waals surface area contributed by atoms with Crippen molar-refractivity contribution in [2.45, 2.75) is 12.8 Å². The lowest BCUT2D eigenvalue weighted by atomic mass is 10.1. The van der Waals surface area contributed by atoms with Gasteiger partial charge in [0.2, 0.25) is 0 Å². The van der Waals surface area contributed by atoms with E-state index in [1.54, 1.807) is 19.0 Å². The van der Waals surface area contributed by atoms with Crippen LogP contribution in [-0.2, 0) is 6.42 Å². The fourth-order valence-electron chi connectivity index (χ4n) is 2.86. The van der Waals surface area contributed by atoms with Crippen LogP contribution < -0.4 is 15.1 Å². The van der Waals surface area contributed by atoms with Gasteiger partial charge in [-0.15, -0.1) is 0 Å². The van der Waals surface area contributed by atoms with E-state index in [1.165, 1.54) is 0 Å². The Morgan fingerprint density at radius 2 is 2.32 bits per heavy atom. The molecule has 0 atom stereocenters. The van der Waals surface area contributed by atoms with Gasteiger partial charge in [-0.1, -0.05) is 17.7 Å². The first kappa shape index (κ1) is 14.9. The minimum absolute atomic E-state index is 0.163. The van der Waals surface area contributed by atoms with Crippen molar-refractivity contribution in [1.82, 2.24) is 5.32 Å². The molecule has 2 aliphatic rings. The minimum atomic E-state index is -0.163. The molecule has 0 saturated heterocycles. The van der Waals surface area contributed by atoms with Gasteiger partial charge in [0.1, 0.15) is 0 Å². The predicted molar refractivity (Wildman–Crippen MR) is 91.4 cm³/mol. The highest BCUT2D eigenvalue weighted by Gasteiger charge is 2.24. The fraction of sp³-hybridized carbons (Fsp3) is 0.375. The van der Waals surface area contributed by atoms with Gasteiger partial charge in [0.05, 0.1) is 12.2 Å². The third-order valence-electron chi connectivity index (χ3n) is 4.10. The second kappa shape index (κ2) is 6.01. The number of nitrogens with zero attached hydrogens (tertiary/aromatic N) is 3. The topological polar surface area (TPSA) is 47.9 Å². The zero-order chi connectivity index (χ0) is 15.7. The summed E-state index contributed by atoms with van der Waals surface area (Å²) in [6, 6.07) is 3.72. The molecule has 0 aliphatic carbocycles. The Hall–Kier alpha value is -2.01. The minimum Gasteiger partial charge on any atom is -0.365 e. The van der Waals surface area contributed by atoms with Crippen molar-refractivity contribution in [3.05, 3.63) is 34.5 Å². The van der Waals surface area contributed by atoms with Gasteiger partial charge in [0.15, 0.2) is 0 Å². The van der Waals surface area contributed by atoms with E-state index < -0.39 is 0 Å². The molecule has 0 spiro atoms. The smallest absolute Gasteiger partial charge is 0.321 e. The Bertz CT molecular complexity index is 668. The van der Waals surface area contributed by atoms with E-state index in [9.17, 15) is 4.79 Å². The number of benzene rings is 1. The number of anilines is 2. The van der Waals surface area contributed by atoms with Crippen molar-refractivity contribution < 1.29 is 4.79 Å². The van der Waals surface area contributed by atoms with Gasteiger partial charge < -0.3 is 10.2 Å². The average molecular weight is 319 g/mol. The third-order valence-corrected chi connectivity index (χ3v) is 4.44. The van der Waals surface area contributed by atoms with Crippen molar-refractivity contribution in [3.63, 3.8) is 0 Å². The molecular formula is C16H19ClN4O. The van der Waals surface area contributed by atoms with Crippen molar-refractivity contribution in [2.24, 2.45) is 4.99 Å². The molecule has 22 heavy (non-hydrogen) atoms. The molecule has 2 aliphatic heterocycles. The molecule has 0 radical (unpaired) electrons. The van der Waals surface area contributed by atoms with Crippen LogP contribution in [-0.4, -0.2) is 39.4 Å². The summed E-state index contributed by atoms with van der Waals surface area (Å²) in [7, 11) is 3.35. The Kier molecular flexibility index (Phi) is 4.07. The Balaban J connectivity index is 1.90. The molecule has 2 amide bonds. The van der Waals surface area contributed by atoms with E-state index in [-0.39, 0.29) is 6.03 Å². The number of allylic oxidation sites excluding steroid dienone is 1. The highest BCUT2D eigenvalue weighted by Crippen LogP contribution is 2.38. The lowest BCUT2D eigenvalue weighted by molar-refractivity contribution is 0.249. The van der Waals surface area contributed by atoms with Crippen molar-refractivity contribution in [1.29, 1.82) is 0 Å². The van der Waals surface area contributed by atoms with E-state index >= 15 is 0 Å². The second-order valence-electron chi connectivity index (χ2n) is 5.45. The number of carbonyl (C=O) groups is 1. The number of hydrogen-bond acceptors (Lipinski definition) is 3. The summed E-state index contributed by atoms with van der Waals surface area (Å²) in [6.45, 7) is 1.71. The second-order valence-corrected chi connectivity index (χ2v) is 5.86. The Labute approximate surface area is 135 Å². The zero-order valence-electron chi connectivity index (χ0n) is 12.8. The van der Waals surface area contributed by atoms with Crippen LogP contribution in [0.5, 0.6) is 0 Å². The lowest BCUT2D eigenvalue weighted by Crippen LogP contribution is -2.34. The molecule has 5 nitrogen and oxygen atoms in total. The molecule has 1 aromatic carbocycles. The molecule has 3 rings (SSSR count). The Morgan fingerprint density at radius 3 is 3.00 bits per heavy atom. The summed E-state index contributed by atoms with van der Waals surface area (Å²) in [6.07, 6.45) is 5.90. The van der Waals surface area contributed by atoms with Crippen molar-refractivity contribution in [2.75, 3.05) is 37.0 Å². The number of halogens is 1. The number of nitrogens with one attached hydrogen (secondary N) is 1. The molecule has 2 heterocycles. The summed E-state index contributed by atoms with van der Waals surface area (Å²) in [5.41, 5.74) is 4.13. The molecule has 1 N–H and O–H groups in total. The zero-order valence-corrected chi connectivity index (χ0v) is 13.5. The first-order valence-electron chi connectivity index (χ1n) is 7.34. The Morgan fingerprint density at radius 1 is 1.50 bits per heavy atom. The molecule has 0 aromatic heterocycles. The molecular weight excluding hydrogens is 300 g/mol. The predicted octanol–water partition coefficient (Wildman–Crippen LogP) is 2.84. The number of aliphatic imine (C=N–C) groups is 1. The summed E-state index contributed by atoms with van der Waals surface area (Å²) in [4.78, 5) is 20.0. The number of fused-ring (bicyclic) bond motifs is 1. The van der Waals surface area contributed by atoms with Crippen LogP contribution in [0.25, 0.3) is 0 Å². The first-order chi connectivity index (χ1) is 10.6. The molecule has 0 fully saturated rings. The van der Waals surface area contributed by atoms with Gasteiger partial charge in [-0.3, -0.25) is 9.89 Å². The quantitative estimate of drug-likeness (QED) is 0.931. The van der Waals surface area contributed by atoms with Crippen LogP contribution in [0.15, 0.2) is 28.9 Å². The monoisotopic (exact) mass is 318 g/mol. The van der Waals surface area contributed by atoms with E-state index in [0.29, 0.717) is 0 Å². The van der Waals surface area contributed by atoms with Crippen LogP contribution in [0.1, 0.15) is 12.0 Å². The van der Waals surface area contributed by atoms with E-state index in [0.717, 1.165) is 53.6 Å². The standard InChI is InChI=1S/C16H19ClN4O/c1-18-16(22)20(2)12-8-14(17)13-5-7-21(15(13)9-12)10-11-4-3-6-19-11/h4,6,8-9H,3,5,7,10H2,1-2H3,(H,18,22). The van der Waals surface area contributed by atoms with Crippen molar-refractivity contribution in [3.8, 4) is 0 Å². The summed E-state index contributed by atoms with van der Waals surface area (Å²) in [5.74, 6) is 0. The molecule has 116 valence electrons. The molecule has 1 aromatic rings. The third kappa shape index (κ3) is 2.68. The highest BCUT2D eigenvalue weighted by molar-refractivity contribution is 6.32. The highest BCUT2D eigenvalue weighted by atomic mass is 35.5. The normalized spacial score (nSPS) is 15.8. The summed E-state index contributed by atoms with van der Waals surface area (Å²) < 4.78 is 0. The summed E-state index contributed by atoms with van der Waals surface area (Å²) >= 11 is 6.42. The van der Waals surface area contributed by atoms with Gasteiger partial charge >= 0.3 is 6.03 Å². The fourth-order valence-corrected chi connectivity index (χ4v) is 3.16. The van der Waals surface area contributed by atoms with Crippen molar-refractivity contribution >= 4 is 35.2 Å². The largest absolute Gasteiger partial charge is 0.365 e. The molecule has 6 heteroatoms. The van der Waals surface area contributed by atoms with Crippen LogP contribution in [0.4, 0.5) is 16.2 Å². The van der Waals surface area contributed by atoms with Gasteiger partial charge in [-0.2, -0.15) is 0 Å². The van der Waals surface area contributed by atoms with Gasteiger partial charge in [-0.05, 0) is 24.1 Å². The maximum absolute atomic E-state index is 11.8. The lowest BCUT2D eigenvalue weighted by Gasteiger charge is -2.22. The SMILES string of the molecule is CNC(=O)N(C)c1cc(Cl)c2c(c1)N(CC1=CCC=N1)CC2.